The molecule has 0 aromatic rings. The Morgan fingerprint density at radius 2 is 0.962 bits per heavy atom. The Kier molecular flexibility index (Phi) is 13.2. The monoisotopic (exact) mass is 368 g/mol. The van der Waals surface area contributed by atoms with Gasteiger partial charge in [-0.3, -0.25) is 0 Å². The molecule has 0 saturated heterocycles. The molecule has 1 nitrogen and oxygen atoms in total. The van der Waals surface area contributed by atoms with Crippen molar-refractivity contribution in [2.75, 3.05) is 6.61 Å². The minimum Gasteiger partial charge on any atom is -0.376 e. The first-order valence-electron chi connectivity index (χ1n) is 11.6. The summed E-state index contributed by atoms with van der Waals surface area (Å²) in [5.41, 5.74) is 0.710. The maximum absolute atomic E-state index is 6.26. The van der Waals surface area contributed by atoms with Gasteiger partial charge in [0.2, 0.25) is 0 Å². The molecule has 0 amide bonds. The van der Waals surface area contributed by atoms with E-state index in [1.54, 1.807) is 0 Å². The lowest BCUT2D eigenvalue weighted by molar-refractivity contribution is -0.0526. The first kappa shape index (κ1) is 26.0. The highest BCUT2D eigenvalue weighted by Crippen LogP contribution is 2.39. The largest absolute Gasteiger partial charge is 0.376 e. The minimum absolute atomic E-state index is 0.00671. The second-order valence-corrected chi connectivity index (χ2v) is 11.2. The van der Waals surface area contributed by atoms with Crippen LogP contribution in [0.4, 0.5) is 0 Å². The van der Waals surface area contributed by atoms with Gasteiger partial charge in [-0.15, -0.1) is 0 Å². The van der Waals surface area contributed by atoms with Gasteiger partial charge in [-0.05, 0) is 43.9 Å². The molecule has 0 aromatic heterocycles. The molecule has 0 aliphatic heterocycles. The summed E-state index contributed by atoms with van der Waals surface area (Å²) in [6, 6.07) is 0. The second kappa shape index (κ2) is 13.2. The summed E-state index contributed by atoms with van der Waals surface area (Å²) < 4.78 is 6.26. The van der Waals surface area contributed by atoms with E-state index in [0.29, 0.717) is 10.8 Å². The molecular weight excluding hydrogens is 316 g/mol. The van der Waals surface area contributed by atoms with Gasteiger partial charge in [-0.2, -0.15) is 0 Å². The molecule has 0 heterocycles. The fourth-order valence-electron chi connectivity index (χ4n) is 4.82. The van der Waals surface area contributed by atoms with E-state index in [1.165, 1.54) is 77.0 Å². The van der Waals surface area contributed by atoms with Crippen LogP contribution in [0.1, 0.15) is 139 Å². The molecule has 0 aliphatic carbocycles. The molecule has 0 spiro atoms. The van der Waals surface area contributed by atoms with Crippen molar-refractivity contribution in [3.63, 3.8) is 0 Å². The number of rotatable bonds is 16. The predicted molar refractivity (Wildman–Crippen MR) is 119 cm³/mol. The standard InChI is InChI=1S/C25H52O/c1-9-10-11-12-13-14-15-16-17-18-19-20-26-25(7,8)22-24(5,6)21-23(2,3)4/h9-22H2,1-8H3. The molecule has 0 unspecified atom stereocenters. The van der Waals surface area contributed by atoms with Gasteiger partial charge in [0.25, 0.3) is 0 Å². The van der Waals surface area contributed by atoms with Crippen LogP contribution in [0, 0.1) is 10.8 Å². The Morgan fingerprint density at radius 3 is 1.38 bits per heavy atom. The molecule has 0 aliphatic rings. The molecular formula is C25H52O. The van der Waals surface area contributed by atoms with Gasteiger partial charge < -0.3 is 4.74 Å². The lowest BCUT2D eigenvalue weighted by Crippen LogP contribution is -2.34. The molecule has 0 N–H and O–H groups in total. The van der Waals surface area contributed by atoms with E-state index in [4.69, 9.17) is 4.74 Å². The third-order valence-corrected chi connectivity index (χ3v) is 5.15. The van der Waals surface area contributed by atoms with Crippen LogP contribution in [0.25, 0.3) is 0 Å². The molecule has 0 rings (SSSR count). The fourth-order valence-corrected chi connectivity index (χ4v) is 4.82. The van der Waals surface area contributed by atoms with E-state index in [2.05, 4.69) is 55.4 Å². The molecule has 0 aromatic carbocycles. The maximum Gasteiger partial charge on any atom is 0.0631 e. The van der Waals surface area contributed by atoms with Crippen molar-refractivity contribution in [3.05, 3.63) is 0 Å². The highest BCUT2D eigenvalue weighted by atomic mass is 16.5. The first-order valence-corrected chi connectivity index (χ1v) is 11.6. The second-order valence-electron chi connectivity index (χ2n) is 11.2. The zero-order valence-corrected chi connectivity index (χ0v) is 19.8. The van der Waals surface area contributed by atoms with Crippen LogP contribution in [0.3, 0.4) is 0 Å². The summed E-state index contributed by atoms with van der Waals surface area (Å²) in [6.45, 7) is 19.6. The van der Waals surface area contributed by atoms with Crippen molar-refractivity contribution in [3.8, 4) is 0 Å². The topological polar surface area (TPSA) is 9.23 Å². The fraction of sp³-hybridized carbons (Fsp3) is 1.00. The summed E-state index contributed by atoms with van der Waals surface area (Å²) in [6.07, 6.45) is 17.7. The maximum atomic E-state index is 6.26. The minimum atomic E-state index is -0.00671. The lowest BCUT2D eigenvalue weighted by atomic mass is 9.71. The van der Waals surface area contributed by atoms with Crippen LogP contribution in [-0.2, 0) is 4.74 Å². The summed E-state index contributed by atoms with van der Waals surface area (Å²) in [7, 11) is 0. The van der Waals surface area contributed by atoms with Crippen molar-refractivity contribution in [2.24, 2.45) is 10.8 Å². The van der Waals surface area contributed by atoms with Gasteiger partial charge in [-0.25, -0.2) is 0 Å². The summed E-state index contributed by atoms with van der Waals surface area (Å²) in [5.74, 6) is 0. The molecule has 0 saturated carbocycles. The Hall–Kier alpha value is -0.0400. The van der Waals surface area contributed by atoms with E-state index in [9.17, 15) is 0 Å². The van der Waals surface area contributed by atoms with Crippen molar-refractivity contribution in [1.82, 2.24) is 0 Å². The van der Waals surface area contributed by atoms with Gasteiger partial charge in [0.15, 0.2) is 0 Å². The number of ether oxygens (including phenoxy) is 1. The van der Waals surface area contributed by atoms with Gasteiger partial charge in [0.1, 0.15) is 0 Å². The Morgan fingerprint density at radius 1 is 0.538 bits per heavy atom. The Labute approximate surface area is 167 Å². The summed E-state index contributed by atoms with van der Waals surface area (Å²) in [5, 5.41) is 0. The summed E-state index contributed by atoms with van der Waals surface area (Å²) >= 11 is 0. The average molecular weight is 369 g/mol. The SMILES string of the molecule is CCCCCCCCCCCCCOC(C)(C)CC(C)(C)CC(C)(C)C. The predicted octanol–water partition coefficient (Wildman–Crippen LogP) is 8.95. The van der Waals surface area contributed by atoms with Crippen molar-refractivity contribution >= 4 is 0 Å². The highest BCUT2D eigenvalue weighted by molar-refractivity contribution is 4.83. The summed E-state index contributed by atoms with van der Waals surface area (Å²) in [4.78, 5) is 0. The zero-order chi connectivity index (χ0) is 20.1. The van der Waals surface area contributed by atoms with Gasteiger partial charge in [0.05, 0.1) is 5.60 Å². The van der Waals surface area contributed by atoms with Gasteiger partial charge >= 0.3 is 0 Å². The average Bonchev–Trinajstić information content (AvgIpc) is 2.44. The number of hydrogen-bond donors (Lipinski definition) is 0. The Balaban J connectivity index is 3.67. The van der Waals surface area contributed by atoms with Gasteiger partial charge in [-0.1, -0.05) is 106 Å². The molecule has 0 fully saturated rings. The third-order valence-electron chi connectivity index (χ3n) is 5.15. The number of hydrogen-bond acceptors (Lipinski definition) is 1. The smallest absolute Gasteiger partial charge is 0.0631 e. The quantitative estimate of drug-likeness (QED) is 0.247. The van der Waals surface area contributed by atoms with Crippen LogP contribution < -0.4 is 0 Å². The zero-order valence-electron chi connectivity index (χ0n) is 19.8. The van der Waals surface area contributed by atoms with E-state index in [1.807, 2.05) is 0 Å². The molecule has 26 heavy (non-hydrogen) atoms. The normalized spacial score (nSPS) is 13.4. The lowest BCUT2D eigenvalue weighted by Gasteiger charge is -2.38. The van der Waals surface area contributed by atoms with Crippen LogP contribution in [0.15, 0.2) is 0 Å². The molecule has 158 valence electrons. The van der Waals surface area contributed by atoms with E-state index >= 15 is 0 Å². The molecule has 0 atom stereocenters. The van der Waals surface area contributed by atoms with E-state index < -0.39 is 0 Å². The van der Waals surface area contributed by atoms with Crippen molar-refractivity contribution < 1.29 is 4.74 Å². The van der Waals surface area contributed by atoms with Crippen LogP contribution in [0.2, 0.25) is 0 Å². The van der Waals surface area contributed by atoms with E-state index in [0.717, 1.165) is 13.0 Å². The molecule has 0 bridgehead atoms. The molecule has 0 radical (unpaired) electrons. The van der Waals surface area contributed by atoms with Crippen LogP contribution in [-0.4, -0.2) is 12.2 Å². The van der Waals surface area contributed by atoms with Crippen molar-refractivity contribution in [2.45, 2.75) is 144 Å². The molecule has 1 heteroatoms. The van der Waals surface area contributed by atoms with Crippen molar-refractivity contribution in [1.29, 1.82) is 0 Å². The Bertz CT molecular complexity index is 322. The number of unbranched alkanes of at least 4 members (excludes halogenated alkanes) is 10. The van der Waals surface area contributed by atoms with Crippen LogP contribution >= 0.6 is 0 Å². The van der Waals surface area contributed by atoms with Gasteiger partial charge in [0, 0.05) is 6.61 Å². The third kappa shape index (κ3) is 17.4. The first-order chi connectivity index (χ1) is 12.0. The van der Waals surface area contributed by atoms with Crippen LogP contribution in [0.5, 0.6) is 0 Å². The highest BCUT2D eigenvalue weighted by Gasteiger charge is 2.32. The van der Waals surface area contributed by atoms with E-state index in [-0.39, 0.29) is 5.60 Å².